The fraction of sp³-hybridized carbons (Fsp3) is 0.429. The number of nitrogens with zero attached hydrogens (tertiary/aromatic N) is 4. The molecule has 0 aliphatic carbocycles. The molecule has 2 aromatic rings. The second-order valence-corrected chi connectivity index (χ2v) is 8.95. The Bertz CT molecular complexity index is 974. The molecule has 0 radical (unpaired) electrons. The Kier molecular flexibility index (Phi) is 11.7. The molecule has 0 bridgehead atoms. The van der Waals surface area contributed by atoms with Gasteiger partial charge in [-0.15, -0.1) is 0 Å². The van der Waals surface area contributed by atoms with Gasteiger partial charge in [0.05, 0.1) is 12.2 Å². The number of aromatic nitrogens is 2. The summed E-state index contributed by atoms with van der Waals surface area (Å²) in [6.07, 6.45) is 9.06. The van der Waals surface area contributed by atoms with Crippen LogP contribution in [0.3, 0.4) is 0 Å². The van der Waals surface area contributed by atoms with Crippen molar-refractivity contribution in [3.8, 4) is 0 Å². The highest BCUT2D eigenvalue weighted by Crippen LogP contribution is 2.28. The molecular weight excluding hydrogens is 442 g/mol. The van der Waals surface area contributed by atoms with Crippen molar-refractivity contribution in [2.24, 2.45) is 4.99 Å². The summed E-state index contributed by atoms with van der Waals surface area (Å²) in [5, 5.41) is 0.364. The molecule has 0 saturated heterocycles. The predicted octanol–water partition coefficient (Wildman–Crippen LogP) is 7.15. The van der Waals surface area contributed by atoms with Gasteiger partial charge in [0.1, 0.15) is 5.69 Å². The van der Waals surface area contributed by atoms with Crippen molar-refractivity contribution in [1.82, 2.24) is 14.9 Å². The van der Waals surface area contributed by atoms with E-state index in [1.54, 1.807) is 6.20 Å². The highest BCUT2D eigenvalue weighted by atomic mass is 35.5. The third-order valence-electron chi connectivity index (χ3n) is 5.90. The summed E-state index contributed by atoms with van der Waals surface area (Å²) in [5.41, 5.74) is 5.53. The van der Waals surface area contributed by atoms with Gasteiger partial charge in [0, 0.05) is 32.3 Å². The molecule has 1 aromatic heterocycles. The first-order chi connectivity index (χ1) is 16.4. The first-order valence-electron chi connectivity index (χ1n) is 12.1. The van der Waals surface area contributed by atoms with Crippen LogP contribution in [0.4, 0.5) is 5.82 Å². The number of H-pyrrole nitrogens is 1. The highest BCUT2D eigenvalue weighted by molar-refractivity contribution is 6.28. The van der Waals surface area contributed by atoms with Crippen LogP contribution in [0.1, 0.15) is 57.7 Å². The van der Waals surface area contributed by atoms with Gasteiger partial charge >= 0.3 is 0 Å². The van der Waals surface area contributed by atoms with Crippen LogP contribution >= 0.6 is 11.6 Å². The number of aromatic amines is 1. The van der Waals surface area contributed by atoms with Gasteiger partial charge in [-0.3, -0.25) is 4.99 Å². The Balaban J connectivity index is 1.90. The maximum Gasteiger partial charge on any atom is 0.202 e. The maximum absolute atomic E-state index is 6.22. The van der Waals surface area contributed by atoms with Crippen molar-refractivity contribution >= 4 is 28.8 Å². The van der Waals surface area contributed by atoms with E-state index >= 15 is 0 Å². The standard InChI is InChI=1S/C28H40ClN5/c1-7-10-19-34(9-3)27-26(31-28(29)32-27)23(5)33(6)18-14-17-24(8-2)21-30-22(4)20-25-15-12-11-13-16-25/h8-9,11-13,15-16H,3,5,7,10,14,17-21H2,1-2,4,6H3,(H,31,32)/b24-8+,30-22?. The monoisotopic (exact) mass is 481 g/mol. The zero-order valence-corrected chi connectivity index (χ0v) is 22.0. The highest BCUT2D eigenvalue weighted by Gasteiger charge is 2.19. The molecule has 0 atom stereocenters. The van der Waals surface area contributed by atoms with Gasteiger partial charge in [0.15, 0.2) is 5.82 Å². The van der Waals surface area contributed by atoms with Gasteiger partial charge in [0.2, 0.25) is 5.28 Å². The minimum atomic E-state index is 0.364. The molecule has 1 heterocycles. The Morgan fingerprint density at radius 2 is 1.94 bits per heavy atom. The fourth-order valence-corrected chi connectivity index (χ4v) is 3.90. The summed E-state index contributed by atoms with van der Waals surface area (Å²) >= 11 is 6.22. The number of benzene rings is 1. The number of allylic oxidation sites excluding steroid dienone is 1. The van der Waals surface area contributed by atoms with Crippen LogP contribution in [-0.2, 0) is 6.42 Å². The van der Waals surface area contributed by atoms with Gasteiger partial charge in [0.25, 0.3) is 0 Å². The van der Waals surface area contributed by atoms with Gasteiger partial charge < -0.3 is 14.8 Å². The molecule has 0 amide bonds. The molecule has 0 saturated carbocycles. The van der Waals surface area contributed by atoms with E-state index in [0.717, 1.165) is 74.7 Å². The van der Waals surface area contributed by atoms with Crippen molar-refractivity contribution in [2.75, 3.05) is 31.6 Å². The molecule has 0 fully saturated rings. The topological polar surface area (TPSA) is 47.5 Å². The van der Waals surface area contributed by atoms with Crippen molar-refractivity contribution in [3.63, 3.8) is 0 Å². The SMILES string of the molecule is C=CN(CCCC)c1nc(Cl)[nH]c1C(=C)N(C)CCC/C(=C\C)CN=C(C)Cc1ccccc1. The van der Waals surface area contributed by atoms with Crippen LogP contribution < -0.4 is 4.90 Å². The molecule has 0 unspecified atom stereocenters. The lowest BCUT2D eigenvalue weighted by Crippen LogP contribution is -2.22. The van der Waals surface area contributed by atoms with Gasteiger partial charge in [-0.25, -0.2) is 0 Å². The molecule has 1 aromatic carbocycles. The molecule has 2 rings (SSSR count). The number of halogens is 1. The Labute approximate surface area is 211 Å². The number of unbranched alkanes of at least 4 members (excludes halogenated alkanes) is 1. The van der Waals surface area contributed by atoms with Crippen LogP contribution in [0.15, 0.2) is 66.3 Å². The van der Waals surface area contributed by atoms with Crippen molar-refractivity contribution in [3.05, 3.63) is 77.9 Å². The molecule has 1 N–H and O–H groups in total. The van der Waals surface area contributed by atoms with E-state index in [2.05, 4.69) is 86.2 Å². The molecule has 5 nitrogen and oxygen atoms in total. The third-order valence-corrected chi connectivity index (χ3v) is 6.08. The number of hydrogen-bond donors (Lipinski definition) is 1. The Hall–Kier alpha value is -2.79. The van der Waals surface area contributed by atoms with E-state index in [9.17, 15) is 0 Å². The van der Waals surface area contributed by atoms with Gasteiger partial charge in [-0.2, -0.15) is 4.98 Å². The minimum Gasteiger partial charge on any atom is -0.373 e. The number of nitrogens with one attached hydrogen (secondary N) is 1. The van der Waals surface area contributed by atoms with E-state index in [-0.39, 0.29) is 0 Å². The van der Waals surface area contributed by atoms with Crippen molar-refractivity contribution in [2.45, 2.75) is 52.9 Å². The lowest BCUT2D eigenvalue weighted by Gasteiger charge is -2.24. The average Bonchev–Trinajstić information content (AvgIpc) is 3.23. The Morgan fingerprint density at radius 1 is 1.21 bits per heavy atom. The van der Waals surface area contributed by atoms with Crippen LogP contribution in [0.5, 0.6) is 0 Å². The van der Waals surface area contributed by atoms with Gasteiger partial charge in [-0.1, -0.05) is 68.5 Å². The largest absolute Gasteiger partial charge is 0.373 e. The first kappa shape index (κ1) is 27.5. The van der Waals surface area contributed by atoms with Crippen LogP contribution in [-0.4, -0.2) is 47.3 Å². The summed E-state index contributed by atoms with van der Waals surface area (Å²) in [4.78, 5) is 16.7. The van der Waals surface area contributed by atoms with E-state index < -0.39 is 0 Å². The number of anilines is 1. The zero-order chi connectivity index (χ0) is 24.9. The molecular formula is C28H40ClN5. The van der Waals surface area contributed by atoms with E-state index in [0.29, 0.717) is 5.28 Å². The molecule has 0 aliphatic heterocycles. The number of aliphatic imine (C=N–C) groups is 1. The average molecular weight is 482 g/mol. The number of imidazole rings is 1. The van der Waals surface area contributed by atoms with Crippen LogP contribution in [0.25, 0.3) is 5.70 Å². The van der Waals surface area contributed by atoms with Crippen molar-refractivity contribution < 1.29 is 0 Å². The van der Waals surface area contributed by atoms with Crippen molar-refractivity contribution in [1.29, 1.82) is 0 Å². The Morgan fingerprint density at radius 3 is 2.59 bits per heavy atom. The lowest BCUT2D eigenvalue weighted by molar-refractivity contribution is 0.464. The zero-order valence-electron chi connectivity index (χ0n) is 21.3. The first-order valence-corrected chi connectivity index (χ1v) is 12.5. The van der Waals surface area contributed by atoms with E-state index in [4.69, 9.17) is 16.6 Å². The van der Waals surface area contributed by atoms with E-state index in [1.807, 2.05) is 11.0 Å². The fourth-order valence-electron chi connectivity index (χ4n) is 3.72. The molecule has 184 valence electrons. The maximum atomic E-state index is 6.22. The van der Waals surface area contributed by atoms with Gasteiger partial charge in [-0.05, 0) is 56.5 Å². The quantitative estimate of drug-likeness (QED) is 0.217. The predicted molar refractivity (Wildman–Crippen MR) is 149 cm³/mol. The summed E-state index contributed by atoms with van der Waals surface area (Å²) in [7, 11) is 2.06. The molecule has 0 aliphatic rings. The summed E-state index contributed by atoms with van der Waals surface area (Å²) in [5.74, 6) is 0.780. The smallest absolute Gasteiger partial charge is 0.202 e. The van der Waals surface area contributed by atoms with E-state index in [1.165, 1.54) is 11.1 Å². The molecule has 6 heteroatoms. The second-order valence-electron chi connectivity index (χ2n) is 8.59. The summed E-state index contributed by atoms with van der Waals surface area (Å²) in [6, 6.07) is 10.5. The number of rotatable bonds is 15. The summed E-state index contributed by atoms with van der Waals surface area (Å²) in [6.45, 7) is 17.1. The molecule has 34 heavy (non-hydrogen) atoms. The second kappa shape index (κ2) is 14.5. The normalized spacial score (nSPS) is 12.0. The lowest BCUT2D eigenvalue weighted by atomic mass is 10.1. The summed E-state index contributed by atoms with van der Waals surface area (Å²) < 4.78 is 0. The minimum absolute atomic E-state index is 0.364. The van der Waals surface area contributed by atoms with Crippen LogP contribution in [0, 0.1) is 0 Å². The van der Waals surface area contributed by atoms with Crippen LogP contribution in [0.2, 0.25) is 5.28 Å². The third kappa shape index (κ3) is 8.53. The number of hydrogen-bond acceptors (Lipinski definition) is 4. The molecule has 0 spiro atoms.